The van der Waals surface area contributed by atoms with Crippen LogP contribution in [-0.2, 0) is 12.8 Å². The lowest BCUT2D eigenvalue weighted by atomic mass is 9.89. The molecule has 1 aliphatic carbocycles. The van der Waals surface area contributed by atoms with Crippen LogP contribution in [0.1, 0.15) is 29.7 Å². The lowest BCUT2D eigenvalue weighted by molar-refractivity contribution is 0.689. The molecular formula is C14H15NO. The SMILES string of the molecule is Cc1cc(=O)c2ccc3c(c2[nH]1)CCCC3. The van der Waals surface area contributed by atoms with Crippen LogP contribution in [0, 0.1) is 6.92 Å². The van der Waals surface area contributed by atoms with Crippen molar-refractivity contribution >= 4 is 10.9 Å². The summed E-state index contributed by atoms with van der Waals surface area (Å²) in [6, 6.07) is 5.77. The summed E-state index contributed by atoms with van der Waals surface area (Å²) in [5.74, 6) is 0. The molecule has 0 saturated heterocycles. The molecule has 0 saturated carbocycles. The predicted octanol–water partition coefficient (Wildman–Crippen LogP) is 2.72. The quantitative estimate of drug-likeness (QED) is 0.717. The van der Waals surface area contributed by atoms with Gasteiger partial charge in [0, 0.05) is 17.1 Å². The molecule has 2 heteroatoms. The zero-order valence-corrected chi connectivity index (χ0v) is 9.47. The Kier molecular flexibility index (Phi) is 2.10. The molecule has 0 atom stereocenters. The second-order valence-corrected chi connectivity index (χ2v) is 4.65. The molecule has 2 nitrogen and oxygen atoms in total. The van der Waals surface area contributed by atoms with E-state index in [9.17, 15) is 4.79 Å². The molecule has 1 aromatic carbocycles. The third kappa shape index (κ3) is 1.37. The number of H-pyrrole nitrogens is 1. The van der Waals surface area contributed by atoms with Crippen LogP contribution in [0.4, 0.5) is 0 Å². The van der Waals surface area contributed by atoms with Crippen LogP contribution in [0.2, 0.25) is 0 Å². The van der Waals surface area contributed by atoms with E-state index in [0.29, 0.717) is 0 Å². The van der Waals surface area contributed by atoms with Crippen LogP contribution in [0.3, 0.4) is 0 Å². The van der Waals surface area contributed by atoms with Gasteiger partial charge in [0.2, 0.25) is 0 Å². The smallest absolute Gasteiger partial charge is 0.189 e. The largest absolute Gasteiger partial charge is 0.358 e. The van der Waals surface area contributed by atoms with Crippen molar-refractivity contribution in [1.29, 1.82) is 0 Å². The third-order valence-electron chi connectivity index (χ3n) is 3.47. The highest BCUT2D eigenvalue weighted by atomic mass is 16.1. The van der Waals surface area contributed by atoms with E-state index in [1.165, 1.54) is 24.0 Å². The molecule has 0 amide bonds. The summed E-state index contributed by atoms with van der Waals surface area (Å²) in [4.78, 5) is 15.2. The van der Waals surface area contributed by atoms with Crippen LogP contribution in [0.5, 0.6) is 0 Å². The van der Waals surface area contributed by atoms with Crippen LogP contribution in [0.15, 0.2) is 23.0 Å². The van der Waals surface area contributed by atoms with E-state index < -0.39 is 0 Å². The Bertz CT molecular complexity index is 610. The number of hydrogen-bond donors (Lipinski definition) is 1. The highest BCUT2D eigenvalue weighted by Crippen LogP contribution is 2.26. The van der Waals surface area contributed by atoms with Crippen LogP contribution in [-0.4, -0.2) is 4.98 Å². The fourth-order valence-electron chi connectivity index (χ4n) is 2.68. The highest BCUT2D eigenvalue weighted by molar-refractivity contribution is 5.83. The average Bonchev–Trinajstić information content (AvgIpc) is 2.28. The third-order valence-corrected chi connectivity index (χ3v) is 3.47. The zero-order valence-electron chi connectivity index (χ0n) is 9.47. The molecule has 1 heterocycles. The maximum Gasteiger partial charge on any atom is 0.189 e. The predicted molar refractivity (Wildman–Crippen MR) is 65.9 cm³/mol. The van der Waals surface area contributed by atoms with E-state index in [0.717, 1.165) is 29.4 Å². The Balaban J connectivity index is 2.42. The second kappa shape index (κ2) is 3.48. The lowest BCUT2D eigenvalue weighted by Crippen LogP contribution is -2.09. The summed E-state index contributed by atoms with van der Waals surface area (Å²) in [5, 5.41) is 0.839. The van der Waals surface area contributed by atoms with E-state index in [1.54, 1.807) is 6.07 Å². The summed E-state index contributed by atoms with van der Waals surface area (Å²) < 4.78 is 0. The van der Waals surface area contributed by atoms with Gasteiger partial charge in [-0.1, -0.05) is 6.07 Å². The van der Waals surface area contributed by atoms with Crippen molar-refractivity contribution in [2.45, 2.75) is 32.6 Å². The van der Waals surface area contributed by atoms with Gasteiger partial charge in [-0.3, -0.25) is 4.79 Å². The first-order valence-electron chi connectivity index (χ1n) is 5.90. The van der Waals surface area contributed by atoms with Gasteiger partial charge in [-0.15, -0.1) is 0 Å². The van der Waals surface area contributed by atoms with Gasteiger partial charge in [-0.25, -0.2) is 0 Å². The van der Waals surface area contributed by atoms with Gasteiger partial charge in [-0.05, 0) is 49.8 Å². The number of aryl methyl sites for hydroxylation is 3. The number of rotatable bonds is 0. The molecule has 1 aromatic heterocycles. The van der Waals surface area contributed by atoms with Crippen molar-refractivity contribution in [2.24, 2.45) is 0 Å². The van der Waals surface area contributed by atoms with Gasteiger partial charge < -0.3 is 4.98 Å². The molecule has 16 heavy (non-hydrogen) atoms. The number of hydrogen-bond acceptors (Lipinski definition) is 1. The Hall–Kier alpha value is -1.57. The summed E-state index contributed by atoms with van der Waals surface area (Å²) in [6.45, 7) is 1.95. The zero-order chi connectivity index (χ0) is 11.1. The standard InChI is InChI=1S/C14H15NO/c1-9-8-13(16)12-7-6-10-4-2-3-5-11(10)14(12)15-9/h6-8H,2-5H2,1H3,(H,15,16). The summed E-state index contributed by atoms with van der Waals surface area (Å²) in [7, 11) is 0. The molecular weight excluding hydrogens is 198 g/mol. The van der Waals surface area contributed by atoms with Crippen molar-refractivity contribution in [1.82, 2.24) is 4.98 Å². The number of fused-ring (bicyclic) bond motifs is 3. The summed E-state index contributed by atoms with van der Waals surface area (Å²) in [5.41, 5.74) is 4.95. The van der Waals surface area contributed by atoms with Crippen LogP contribution >= 0.6 is 0 Å². The first-order valence-corrected chi connectivity index (χ1v) is 5.90. The molecule has 3 rings (SSSR count). The molecule has 0 bridgehead atoms. The summed E-state index contributed by atoms with van der Waals surface area (Å²) in [6.07, 6.45) is 4.77. The second-order valence-electron chi connectivity index (χ2n) is 4.65. The minimum Gasteiger partial charge on any atom is -0.358 e. The number of nitrogens with one attached hydrogen (secondary N) is 1. The van der Waals surface area contributed by atoms with Gasteiger partial charge in [0.05, 0.1) is 5.52 Å². The Labute approximate surface area is 94.3 Å². The lowest BCUT2D eigenvalue weighted by Gasteiger charge is -2.17. The molecule has 1 aliphatic rings. The topological polar surface area (TPSA) is 32.9 Å². The normalized spacial score (nSPS) is 15.1. The van der Waals surface area contributed by atoms with E-state index in [-0.39, 0.29) is 5.43 Å². The number of benzene rings is 1. The van der Waals surface area contributed by atoms with Gasteiger partial charge in [0.1, 0.15) is 0 Å². The number of aromatic amines is 1. The molecule has 1 N–H and O–H groups in total. The molecule has 82 valence electrons. The van der Waals surface area contributed by atoms with Crippen molar-refractivity contribution in [2.75, 3.05) is 0 Å². The van der Waals surface area contributed by atoms with Crippen molar-refractivity contribution in [3.05, 3.63) is 45.2 Å². The minimum atomic E-state index is 0.139. The minimum absolute atomic E-state index is 0.139. The molecule has 2 aromatic rings. The Morgan fingerprint density at radius 3 is 2.88 bits per heavy atom. The molecule has 0 aliphatic heterocycles. The Morgan fingerprint density at radius 2 is 2.00 bits per heavy atom. The van der Waals surface area contributed by atoms with Gasteiger partial charge >= 0.3 is 0 Å². The maximum atomic E-state index is 11.9. The van der Waals surface area contributed by atoms with Gasteiger partial charge in [0.15, 0.2) is 5.43 Å². The van der Waals surface area contributed by atoms with E-state index in [4.69, 9.17) is 0 Å². The fraction of sp³-hybridized carbons (Fsp3) is 0.357. The van der Waals surface area contributed by atoms with Crippen LogP contribution in [0.25, 0.3) is 10.9 Å². The van der Waals surface area contributed by atoms with Crippen molar-refractivity contribution in [3.8, 4) is 0 Å². The number of pyridine rings is 1. The summed E-state index contributed by atoms with van der Waals surface area (Å²) >= 11 is 0. The van der Waals surface area contributed by atoms with Crippen molar-refractivity contribution in [3.63, 3.8) is 0 Å². The fourth-order valence-corrected chi connectivity index (χ4v) is 2.68. The molecule has 0 fully saturated rings. The average molecular weight is 213 g/mol. The first-order chi connectivity index (χ1) is 7.75. The highest BCUT2D eigenvalue weighted by Gasteiger charge is 2.13. The van der Waals surface area contributed by atoms with Gasteiger partial charge in [-0.2, -0.15) is 0 Å². The van der Waals surface area contributed by atoms with Crippen molar-refractivity contribution < 1.29 is 0 Å². The van der Waals surface area contributed by atoms with E-state index in [2.05, 4.69) is 11.1 Å². The monoisotopic (exact) mass is 213 g/mol. The van der Waals surface area contributed by atoms with Gasteiger partial charge in [0.25, 0.3) is 0 Å². The maximum absolute atomic E-state index is 11.9. The van der Waals surface area contributed by atoms with E-state index >= 15 is 0 Å². The molecule has 0 unspecified atom stereocenters. The molecule has 0 spiro atoms. The first kappa shape index (κ1) is 9.64. The number of aromatic nitrogens is 1. The Morgan fingerprint density at radius 1 is 1.19 bits per heavy atom. The van der Waals surface area contributed by atoms with Crippen LogP contribution < -0.4 is 5.43 Å². The van der Waals surface area contributed by atoms with E-state index in [1.807, 2.05) is 13.0 Å². The molecule has 0 radical (unpaired) electrons.